The Morgan fingerprint density at radius 1 is 1.56 bits per heavy atom. The maximum atomic E-state index is 14.0. The summed E-state index contributed by atoms with van der Waals surface area (Å²) in [6, 6.07) is 2.75. The van der Waals surface area contributed by atoms with Crippen molar-refractivity contribution in [1.82, 2.24) is 14.8 Å². The summed E-state index contributed by atoms with van der Waals surface area (Å²) >= 11 is 4.02. The van der Waals surface area contributed by atoms with Crippen molar-refractivity contribution >= 4 is 33.7 Å². The normalized spacial score (nSPS) is 10.6. The molecule has 18 heavy (non-hydrogen) atoms. The third-order valence-electron chi connectivity index (χ3n) is 2.15. The van der Waals surface area contributed by atoms with Crippen molar-refractivity contribution in [2.45, 2.75) is 10.1 Å². The molecule has 94 valence electrons. The van der Waals surface area contributed by atoms with Gasteiger partial charge in [-0.2, -0.15) is 5.10 Å². The van der Waals surface area contributed by atoms with Gasteiger partial charge in [0, 0.05) is 7.05 Å². The lowest BCUT2D eigenvalue weighted by Crippen LogP contribution is -2.00. The van der Waals surface area contributed by atoms with E-state index in [0.29, 0.717) is 5.16 Å². The molecule has 2 rings (SSSR count). The second kappa shape index (κ2) is 5.07. The standard InChI is InChI=1S/C10H7BrFN3O2S/c1-15-10(13-4-14-15)18-6-3-2-5(9(16)17)7(11)8(6)12/h2-4H,1H3,(H,16,17). The number of halogens is 2. The molecule has 0 aliphatic heterocycles. The summed E-state index contributed by atoms with van der Waals surface area (Å²) in [5.41, 5.74) is -0.116. The van der Waals surface area contributed by atoms with Gasteiger partial charge in [-0.05, 0) is 39.8 Å². The molecule has 1 N–H and O–H groups in total. The van der Waals surface area contributed by atoms with E-state index in [1.807, 2.05) is 0 Å². The fourth-order valence-electron chi connectivity index (χ4n) is 1.25. The number of nitrogens with zero attached hydrogens (tertiary/aromatic N) is 3. The molecule has 5 nitrogen and oxygen atoms in total. The minimum Gasteiger partial charge on any atom is -0.478 e. The maximum absolute atomic E-state index is 14.0. The third kappa shape index (κ3) is 2.39. The van der Waals surface area contributed by atoms with Gasteiger partial charge in [0.05, 0.1) is 14.9 Å². The Morgan fingerprint density at radius 2 is 2.28 bits per heavy atom. The van der Waals surface area contributed by atoms with Crippen molar-refractivity contribution in [3.63, 3.8) is 0 Å². The van der Waals surface area contributed by atoms with Crippen LogP contribution in [0.1, 0.15) is 10.4 Å². The van der Waals surface area contributed by atoms with E-state index < -0.39 is 11.8 Å². The van der Waals surface area contributed by atoms with Crippen molar-refractivity contribution in [2.75, 3.05) is 0 Å². The molecule has 0 aliphatic carbocycles. The van der Waals surface area contributed by atoms with E-state index in [1.165, 1.54) is 23.1 Å². The second-order valence-electron chi connectivity index (χ2n) is 3.31. The Kier molecular flexibility index (Phi) is 3.67. The number of aromatic carboxylic acids is 1. The highest BCUT2D eigenvalue weighted by Gasteiger charge is 2.17. The van der Waals surface area contributed by atoms with Gasteiger partial charge in [0.2, 0.25) is 0 Å². The largest absolute Gasteiger partial charge is 0.478 e. The molecule has 0 aliphatic rings. The molecule has 0 spiro atoms. The topological polar surface area (TPSA) is 68.0 Å². The first-order valence-electron chi connectivity index (χ1n) is 4.74. The number of carbonyl (C=O) groups is 1. The predicted molar refractivity (Wildman–Crippen MR) is 66.2 cm³/mol. The Morgan fingerprint density at radius 3 is 2.83 bits per heavy atom. The van der Waals surface area contributed by atoms with Crippen molar-refractivity contribution in [1.29, 1.82) is 0 Å². The highest BCUT2D eigenvalue weighted by atomic mass is 79.9. The van der Waals surface area contributed by atoms with E-state index in [9.17, 15) is 9.18 Å². The fourth-order valence-corrected chi connectivity index (χ4v) is 2.70. The van der Waals surface area contributed by atoms with Crippen LogP contribution >= 0.6 is 27.7 Å². The number of carboxylic acids is 1. The molecule has 0 amide bonds. The molecule has 0 radical (unpaired) electrons. The van der Waals surface area contributed by atoms with E-state index in [1.54, 1.807) is 7.05 Å². The van der Waals surface area contributed by atoms with Gasteiger partial charge in [-0.1, -0.05) is 0 Å². The average molecular weight is 332 g/mol. The van der Waals surface area contributed by atoms with Gasteiger partial charge in [0.15, 0.2) is 11.0 Å². The zero-order valence-corrected chi connectivity index (χ0v) is 11.5. The summed E-state index contributed by atoms with van der Waals surface area (Å²) in [5, 5.41) is 13.2. The lowest BCUT2D eigenvalue weighted by Gasteiger charge is -2.06. The summed E-state index contributed by atoms with van der Waals surface area (Å²) < 4.78 is 15.4. The zero-order chi connectivity index (χ0) is 13.3. The summed E-state index contributed by atoms with van der Waals surface area (Å²) in [6.07, 6.45) is 1.36. The monoisotopic (exact) mass is 331 g/mol. The second-order valence-corrected chi connectivity index (χ2v) is 5.11. The van der Waals surface area contributed by atoms with Crippen LogP contribution in [0.2, 0.25) is 0 Å². The molecule has 1 aromatic heterocycles. The molecule has 1 aromatic carbocycles. The van der Waals surface area contributed by atoms with Crippen molar-refractivity contribution in [2.24, 2.45) is 7.05 Å². The van der Waals surface area contributed by atoms with Crippen LogP contribution in [0.5, 0.6) is 0 Å². The fraction of sp³-hybridized carbons (Fsp3) is 0.100. The smallest absolute Gasteiger partial charge is 0.336 e. The highest BCUT2D eigenvalue weighted by molar-refractivity contribution is 9.10. The van der Waals surface area contributed by atoms with Crippen LogP contribution in [-0.4, -0.2) is 25.8 Å². The van der Waals surface area contributed by atoms with Crippen LogP contribution in [0.4, 0.5) is 4.39 Å². The van der Waals surface area contributed by atoms with Gasteiger partial charge in [0.1, 0.15) is 6.33 Å². The van der Waals surface area contributed by atoms with Gasteiger partial charge in [-0.25, -0.2) is 18.9 Å². The maximum Gasteiger partial charge on any atom is 0.336 e. The number of aromatic nitrogens is 3. The number of carboxylic acid groups (broad SMARTS) is 1. The molecular formula is C10H7BrFN3O2S. The van der Waals surface area contributed by atoms with Gasteiger partial charge in [0.25, 0.3) is 0 Å². The number of hydrogen-bond donors (Lipinski definition) is 1. The number of hydrogen-bond acceptors (Lipinski definition) is 4. The molecule has 2 aromatic rings. The van der Waals surface area contributed by atoms with Crippen LogP contribution < -0.4 is 0 Å². The Bertz CT molecular complexity index is 617. The van der Waals surface area contributed by atoms with Gasteiger partial charge in [-0.15, -0.1) is 0 Å². The lowest BCUT2D eigenvalue weighted by atomic mass is 10.2. The first-order valence-corrected chi connectivity index (χ1v) is 6.34. The van der Waals surface area contributed by atoms with Crippen molar-refractivity contribution in [3.05, 3.63) is 34.3 Å². The summed E-state index contributed by atoms with van der Waals surface area (Å²) in [7, 11) is 1.69. The quantitative estimate of drug-likeness (QED) is 0.936. The molecule has 0 fully saturated rings. The average Bonchev–Trinajstić information content (AvgIpc) is 2.70. The molecular weight excluding hydrogens is 325 g/mol. The number of benzene rings is 1. The van der Waals surface area contributed by atoms with Gasteiger partial charge >= 0.3 is 5.97 Å². The van der Waals surface area contributed by atoms with Crippen LogP contribution in [0, 0.1) is 5.82 Å². The number of rotatable bonds is 3. The molecule has 0 saturated heterocycles. The Hall–Kier alpha value is -1.41. The van der Waals surface area contributed by atoms with E-state index in [2.05, 4.69) is 26.0 Å². The molecule has 0 unspecified atom stereocenters. The summed E-state index contributed by atoms with van der Waals surface area (Å²) in [5.74, 6) is -1.81. The molecule has 8 heteroatoms. The molecule has 0 saturated carbocycles. The zero-order valence-electron chi connectivity index (χ0n) is 9.09. The third-order valence-corrected chi connectivity index (χ3v) is 4.01. The highest BCUT2D eigenvalue weighted by Crippen LogP contribution is 2.33. The lowest BCUT2D eigenvalue weighted by molar-refractivity contribution is 0.0695. The van der Waals surface area contributed by atoms with Gasteiger partial charge in [-0.3, -0.25) is 0 Å². The Balaban J connectivity index is 2.39. The van der Waals surface area contributed by atoms with Crippen molar-refractivity contribution in [3.8, 4) is 0 Å². The van der Waals surface area contributed by atoms with Gasteiger partial charge < -0.3 is 5.11 Å². The van der Waals surface area contributed by atoms with E-state index >= 15 is 0 Å². The van der Waals surface area contributed by atoms with E-state index in [4.69, 9.17) is 5.11 Å². The summed E-state index contributed by atoms with van der Waals surface area (Å²) in [6.45, 7) is 0. The van der Waals surface area contributed by atoms with Crippen molar-refractivity contribution < 1.29 is 14.3 Å². The first-order chi connectivity index (χ1) is 8.50. The van der Waals surface area contributed by atoms with Crippen LogP contribution in [0.3, 0.4) is 0 Å². The molecule has 0 atom stereocenters. The minimum atomic E-state index is -1.18. The molecule has 1 heterocycles. The SMILES string of the molecule is Cn1ncnc1Sc1ccc(C(=O)O)c(Br)c1F. The Labute approximate surface area is 114 Å². The van der Waals surface area contributed by atoms with Crippen LogP contribution in [-0.2, 0) is 7.05 Å². The number of aryl methyl sites for hydroxylation is 1. The molecule has 0 bridgehead atoms. The first kappa shape index (κ1) is 13.0. The van der Waals surface area contributed by atoms with Crippen LogP contribution in [0.15, 0.2) is 33.0 Å². The minimum absolute atomic E-state index is 0.0674. The van der Waals surface area contributed by atoms with E-state index in [-0.39, 0.29) is 14.9 Å². The predicted octanol–water partition coefficient (Wildman–Crippen LogP) is 2.57. The van der Waals surface area contributed by atoms with Crippen LogP contribution in [0.25, 0.3) is 0 Å². The van der Waals surface area contributed by atoms with E-state index in [0.717, 1.165) is 11.8 Å². The summed E-state index contributed by atoms with van der Waals surface area (Å²) in [4.78, 5) is 15.1.